The number of halogens is 3. The number of nitriles is 1. The van der Waals surface area contributed by atoms with Crippen molar-refractivity contribution in [3.63, 3.8) is 0 Å². The Kier molecular flexibility index (Phi) is 3.84. The van der Waals surface area contributed by atoms with E-state index in [4.69, 9.17) is 16.9 Å². The van der Waals surface area contributed by atoms with Crippen LogP contribution in [-0.2, 0) is 6.42 Å². The summed E-state index contributed by atoms with van der Waals surface area (Å²) in [4.78, 5) is 0. The van der Waals surface area contributed by atoms with Crippen molar-refractivity contribution in [2.75, 3.05) is 0 Å². The van der Waals surface area contributed by atoms with Crippen LogP contribution in [0.5, 0.6) is 0 Å². The van der Waals surface area contributed by atoms with Crippen molar-refractivity contribution in [2.45, 2.75) is 19.3 Å². The van der Waals surface area contributed by atoms with Crippen LogP contribution in [0.4, 0.5) is 8.78 Å². The lowest BCUT2D eigenvalue weighted by Crippen LogP contribution is -1.94. The van der Waals surface area contributed by atoms with Gasteiger partial charge >= 0.3 is 0 Å². The summed E-state index contributed by atoms with van der Waals surface area (Å²) >= 11 is 5.67. The number of aryl methyl sites for hydroxylation is 1. The molecule has 14 heavy (non-hydrogen) atoms. The molecule has 1 aromatic rings. The lowest BCUT2D eigenvalue weighted by Gasteiger charge is -2.07. The predicted molar refractivity (Wildman–Crippen MR) is 50.3 cm³/mol. The van der Waals surface area contributed by atoms with Crippen molar-refractivity contribution >= 4 is 11.6 Å². The number of nitrogens with zero attached hydrogens (tertiary/aromatic N) is 1. The van der Waals surface area contributed by atoms with Gasteiger partial charge in [-0.15, -0.1) is 0 Å². The minimum Gasteiger partial charge on any atom is -0.205 e. The SMILES string of the molecule is N#CCCc1cc(Cl)ccc1C(F)F. The van der Waals surface area contributed by atoms with Crippen molar-refractivity contribution in [1.82, 2.24) is 0 Å². The highest BCUT2D eigenvalue weighted by molar-refractivity contribution is 6.30. The van der Waals surface area contributed by atoms with Crippen molar-refractivity contribution < 1.29 is 8.78 Å². The molecule has 0 atom stereocenters. The molecule has 1 aromatic carbocycles. The number of hydrogen-bond donors (Lipinski definition) is 0. The molecule has 1 rings (SSSR count). The fourth-order valence-electron chi connectivity index (χ4n) is 1.19. The summed E-state index contributed by atoms with van der Waals surface area (Å²) < 4.78 is 24.9. The smallest absolute Gasteiger partial charge is 0.205 e. The highest BCUT2D eigenvalue weighted by Gasteiger charge is 2.12. The van der Waals surface area contributed by atoms with E-state index in [1.54, 1.807) is 0 Å². The van der Waals surface area contributed by atoms with Gasteiger partial charge in [-0.25, -0.2) is 8.78 Å². The summed E-state index contributed by atoms with van der Waals surface area (Å²) in [6.07, 6.45) is -1.97. The molecule has 0 bridgehead atoms. The van der Waals surface area contributed by atoms with E-state index in [0.29, 0.717) is 17.0 Å². The van der Waals surface area contributed by atoms with E-state index in [0.717, 1.165) is 0 Å². The maximum atomic E-state index is 12.5. The first-order valence-electron chi connectivity index (χ1n) is 4.08. The van der Waals surface area contributed by atoms with Crippen molar-refractivity contribution in [3.05, 3.63) is 34.3 Å². The Morgan fingerprint density at radius 1 is 1.43 bits per heavy atom. The third kappa shape index (κ3) is 2.68. The van der Waals surface area contributed by atoms with Gasteiger partial charge in [0.2, 0.25) is 0 Å². The highest BCUT2D eigenvalue weighted by Crippen LogP contribution is 2.26. The Morgan fingerprint density at radius 2 is 2.14 bits per heavy atom. The summed E-state index contributed by atoms with van der Waals surface area (Å²) in [5.41, 5.74) is 0.415. The first-order valence-corrected chi connectivity index (χ1v) is 4.46. The Hall–Kier alpha value is -1.14. The second-order valence-electron chi connectivity index (χ2n) is 2.80. The average Bonchev–Trinajstić information content (AvgIpc) is 2.14. The van der Waals surface area contributed by atoms with Crippen LogP contribution in [0, 0.1) is 11.3 Å². The van der Waals surface area contributed by atoms with Gasteiger partial charge in [0, 0.05) is 17.0 Å². The Bertz CT molecular complexity index is 358. The molecule has 0 radical (unpaired) electrons. The van der Waals surface area contributed by atoms with Gasteiger partial charge < -0.3 is 0 Å². The van der Waals surface area contributed by atoms with Gasteiger partial charge in [-0.3, -0.25) is 0 Å². The van der Waals surface area contributed by atoms with Crippen LogP contribution < -0.4 is 0 Å². The molecule has 0 aliphatic rings. The zero-order chi connectivity index (χ0) is 10.6. The van der Waals surface area contributed by atoms with Crippen LogP contribution in [0.25, 0.3) is 0 Å². The Morgan fingerprint density at radius 3 is 2.71 bits per heavy atom. The number of benzene rings is 1. The monoisotopic (exact) mass is 215 g/mol. The lowest BCUT2D eigenvalue weighted by molar-refractivity contribution is 0.150. The molecule has 4 heteroatoms. The maximum Gasteiger partial charge on any atom is 0.264 e. The number of alkyl halides is 2. The van der Waals surface area contributed by atoms with Crippen LogP contribution in [0.15, 0.2) is 18.2 Å². The van der Waals surface area contributed by atoms with E-state index in [2.05, 4.69) is 0 Å². The fraction of sp³-hybridized carbons (Fsp3) is 0.300. The van der Waals surface area contributed by atoms with E-state index in [1.165, 1.54) is 18.2 Å². The Labute approximate surface area is 85.9 Å². The lowest BCUT2D eigenvalue weighted by atomic mass is 10.0. The third-order valence-corrected chi connectivity index (χ3v) is 2.08. The van der Waals surface area contributed by atoms with Crippen LogP contribution >= 0.6 is 11.6 Å². The van der Waals surface area contributed by atoms with Crippen LogP contribution in [0.2, 0.25) is 5.02 Å². The van der Waals surface area contributed by atoms with Gasteiger partial charge in [-0.05, 0) is 24.1 Å². The van der Waals surface area contributed by atoms with E-state index in [-0.39, 0.29) is 12.0 Å². The minimum absolute atomic E-state index is 0.0374. The quantitative estimate of drug-likeness (QED) is 0.754. The molecule has 0 aliphatic carbocycles. The third-order valence-electron chi connectivity index (χ3n) is 1.85. The largest absolute Gasteiger partial charge is 0.264 e. The van der Waals surface area contributed by atoms with E-state index < -0.39 is 6.43 Å². The molecule has 74 valence electrons. The van der Waals surface area contributed by atoms with Crippen molar-refractivity contribution in [1.29, 1.82) is 5.26 Å². The topological polar surface area (TPSA) is 23.8 Å². The molecule has 0 saturated heterocycles. The number of hydrogen-bond acceptors (Lipinski definition) is 1. The molecule has 0 aromatic heterocycles. The van der Waals surface area contributed by atoms with Crippen LogP contribution in [0.3, 0.4) is 0 Å². The van der Waals surface area contributed by atoms with Crippen molar-refractivity contribution in [2.24, 2.45) is 0 Å². The molecule has 0 saturated carbocycles. The minimum atomic E-state index is -2.51. The fourth-order valence-corrected chi connectivity index (χ4v) is 1.39. The summed E-state index contributed by atoms with van der Waals surface area (Å²) in [7, 11) is 0. The molecule has 0 spiro atoms. The maximum absolute atomic E-state index is 12.5. The molecule has 0 heterocycles. The summed E-state index contributed by atoms with van der Waals surface area (Å²) in [5, 5.41) is 8.77. The molecular formula is C10H8ClF2N. The predicted octanol–water partition coefficient (Wildman–Crippen LogP) is 3.73. The van der Waals surface area contributed by atoms with E-state index in [9.17, 15) is 8.78 Å². The molecular weight excluding hydrogens is 208 g/mol. The second-order valence-corrected chi connectivity index (χ2v) is 3.24. The van der Waals surface area contributed by atoms with E-state index >= 15 is 0 Å². The van der Waals surface area contributed by atoms with Gasteiger partial charge in [-0.2, -0.15) is 5.26 Å². The van der Waals surface area contributed by atoms with Gasteiger partial charge in [0.15, 0.2) is 0 Å². The standard InChI is InChI=1S/C10H8ClF2N/c11-8-3-4-9(10(12)13)7(6-8)2-1-5-14/h3-4,6,10H,1-2H2. The van der Waals surface area contributed by atoms with Crippen LogP contribution in [0.1, 0.15) is 24.0 Å². The molecule has 0 unspecified atom stereocenters. The zero-order valence-corrected chi connectivity index (χ0v) is 8.06. The zero-order valence-electron chi connectivity index (χ0n) is 7.30. The first-order chi connectivity index (χ1) is 6.65. The Balaban J connectivity index is 2.98. The van der Waals surface area contributed by atoms with Crippen molar-refractivity contribution in [3.8, 4) is 6.07 Å². The van der Waals surface area contributed by atoms with Gasteiger partial charge in [0.25, 0.3) is 6.43 Å². The molecule has 0 N–H and O–H groups in total. The van der Waals surface area contributed by atoms with E-state index in [1.807, 2.05) is 6.07 Å². The highest BCUT2D eigenvalue weighted by atomic mass is 35.5. The first kappa shape index (κ1) is 10.9. The van der Waals surface area contributed by atoms with Gasteiger partial charge in [0.05, 0.1) is 6.07 Å². The molecule has 1 nitrogen and oxygen atoms in total. The number of rotatable bonds is 3. The summed E-state index contributed by atoms with van der Waals surface area (Å²) in [5.74, 6) is 0. The van der Waals surface area contributed by atoms with Gasteiger partial charge in [0.1, 0.15) is 0 Å². The average molecular weight is 216 g/mol. The van der Waals surface area contributed by atoms with Gasteiger partial charge in [-0.1, -0.05) is 17.7 Å². The molecule has 0 amide bonds. The second kappa shape index (κ2) is 4.92. The summed E-state index contributed by atoms with van der Waals surface area (Å²) in [6.45, 7) is 0. The van der Waals surface area contributed by atoms with Crippen LogP contribution in [-0.4, -0.2) is 0 Å². The summed E-state index contributed by atoms with van der Waals surface area (Å²) in [6, 6.07) is 6.14. The molecule has 0 aliphatic heterocycles. The molecule has 0 fully saturated rings. The normalized spacial score (nSPS) is 10.2.